The molecular weight excluding hydrogens is 418 g/mol. The number of likely N-dealkylation sites (tertiary alicyclic amines) is 1. The second-order valence-electron chi connectivity index (χ2n) is 9.25. The molecule has 0 spiro atoms. The number of carbonyl (C=O) groups excluding carboxylic acids is 2. The minimum atomic E-state index is -0.506. The summed E-state index contributed by atoms with van der Waals surface area (Å²) in [4.78, 5) is 29.9. The van der Waals surface area contributed by atoms with Crippen LogP contribution in [0.25, 0.3) is 0 Å². The van der Waals surface area contributed by atoms with Gasteiger partial charge in [0.25, 0.3) is 0 Å². The minimum Gasteiger partial charge on any atom is -0.343 e. The normalized spacial score (nSPS) is 21.0. The molecule has 4 rings (SSSR count). The van der Waals surface area contributed by atoms with E-state index >= 15 is 0 Å². The van der Waals surface area contributed by atoms with Crippen LogP contribution in [0.4, 0.5) is 0 Å². The van der Waals surface area contributed by atoms with Gasteiger partial charge in [-0.1, -0.05) is 49.6 Å². The molecule has 9 nitrogen and oxygen atoms in total. The average molecular weight is 454 g/mol. The fourth-order valence-corrected chi connectivity index (χ4v) is 4.94. The zero-order chi connectivity index (χ0) is 23.2. The number of amides is 2. The lowest BCUT2D eigenvalue weighted by atomic mass is 9.83. The van der Waals surface area contributed by atoms with E-state index in [1.165, 1.54) is 6.42 Å². The molecule has 2 aromatic rings. The second-order valence-corrected chi connectivity index (χ2v) is 9.25. The number of carbonyl (C=O) groups is 2. The number of nitrogens with one attached hydrogen (secondary N) is 2. The Balaban J connectivity index is 1.50. The van der Waals surface area contributed by atoms with E-state index in [2.05, 4.69) is 26.0 Å². The monoisotopic (exact) mass is 453 g/mol. The van der Waals surface area contributed by atoms with E-state index in [1.807, 2.05) is 42.2 Å². The molecule has 1 saturated heterocycles. The lowest BCUT2D eigenvalue weighted by molar-refractivity contribution is -0.139. The van der Waals surface area contributed by atoms with Gasteiger partial charge in [0.05, 0.1) is 18.6 Å². The minimum absolute atomic E-state index is 0.0135. The summed E-state index contributed by atoms with van der Waals surface area (Å²) in [5.41, 5.74) is 1.10. The quantitative estimate of drug-likeness (QED) is 0.634. The summed E-state index contributed by atoms with van der Waals surface area (Å²) < 4.78 is 0. The SMILES string of the molecule is CN[C@@H](C)C(=O)N[C@H](C(=O)N1CCC[C@H]1c1nnn(Cc2ccccc2)n1)C1CCCCC1. The Morgan fingerprint density at radius 1 is 1.09 bits per heavy atom. The van der Waals surface area contributed by atoms with E-state index in [0.29, 0.717) is 18.9 Å². The zero-order valence-electron chi connectivity index (χ0n) is 19.6. The smallest absolute Gasteiger partial charge is 0.246 e. The first kappa shape index (κ1) is 23.4. The van der Waals surface area contributed by atoms with Crippen molar-refractivity contribution in [3.8, 4) is 0 Å². The maximum Gasteiger partial charge on any atom is 0.246 e. The Morgan fingerprint density at radius 3 is 2.58 bits per heavy atom. The summed E-state index contributed by atoms with van der Waals surface area (Å²) in [7, 11) is 1.75. The average Bonchev–Trinajstić information content (AvgIpc) is 3.52. The van der Waals surface area contributed by atoms with Crippen molar-refractivity contribution < 1.29 is 9.59 Å². The first-order valence-corrected chi connectivity index (χ1v) is 12.2. The summed E-state index contributed by atoms with van der Waals surface area (Å²) in [6.45, 7) is 3.00. The van der Waals surface area contributed by atoms with Crippen molar-refractivity contribution >= 4 is 11.8 Å². The predicted molar refractivity (Wildman–Crippen MR) is 124 cm³/mol. The van der Waals surface area contributed by atoms with Gasteiger partial charge in [0, 0.05) is 6.54 Å². The van der Waals surface area contributed by atoms with Gasteiger partial charge in [0.15, 0.2) is 5.82 Å². The van der Waals surface area contributed by atoms with Crippen molar-refractivity contribution in [3.63, 3.8) is 0 Å². The summed E-state index contributed by atoms with van der Waals surface area (Å²) in [5, 5.41) is 19.2. The van der Waals surface area contributed by atoms with Gasteiger partial charge in [-0.2, -0.15) is 4.80 Å². The van der Waals surface area contributed by atoms with Crippen molar-refractivity contribution in [2.45, 2.75) is 76.5 Å². The number of likely N-dealkylation sites (N-methyl/N-ethyl adjacent to an activating group) is 1. The van der Waals surface area contributed by atoms with Crippen molar-refractivity contribution in [2.75, 3.05) is 13.6 Å². The van der Waals surface area contributed by atoms with Crippen LogP contribution < -0.4 is 10.6 Å². The standard InChI is InChI=1S/C24H35N7O2/c1-17(25-2)23(32)26-21(19-12-7-4-8-13-19)24(33)30-15-9-14-20(30)22-27-29-31(28-22)16-18-10-5-3-6-11-18/h3,5-6,10-11,17,19-21,25H,4,7-9,12-16H2,1-2H3,(H,26,32)/t17-,20-,21-/m0/s1. The summed E-state index contributed by atoms with van der Waals surface area (Å²) >= 11 is 0. The van der Waals surface area contributed by atoms with Gasteiger partial charge in [-0.25, -0.2) is 0 Å². The third-order valence-corrected chi connectivity index (χ3v) is 6.98. The molecule has 1 aromatic heterocycles. The van der Waals surface area contributed by atoms with Crippen molar-refractivity contribution in [2.24, 2.45) is 5.92 Å². The van der Waals surface area contributed by atoms with E-state index < -0.39 is 6.04 Å². The molecule has 0 unspecified atom stereocenters. The summed E-state index contributed by atoms with van der Waals surface area (Å²) in [6.07, 6.45) is 7.03. The summed E-state index contributed by atoms with van der Waals surface area (Å²) in [5.74, 6) is 0.598. The number of hydrogen-bond acceptors (Lipinski definition) is 6. The van der Waals surface area contributed by atoms with Gasteiger partial charge >= 0.3 is 0 Å². The lowest BCUT2D eigenvalue weighted by Gasteiger charge is -2.34. The largest absolute Gasteiger partial charge is 0.343 e. The first-order chi connectivity index (χ1) is 16.1. The van der Waals surface area contributed by atoms with Gasteiger partial charge < -0.3 is 15.5 Å². The Kier molecular flexibility index (Phi) is 7.69. The third kappa shape index (κ3) is 5.58. The van der Waals surface area contributed by atoms with Crippen LogP contribution >= 0.6 is 0 Å². The fraction of sp³-hybridized carbons (Fsp3) is 0.625. The van der Waals surface area contributed by atoms with Crippen molar-refractivity contribution in [1.82, 2.24) is 35.7 Å². The van der Waals surface area contributed by atoms with E-state index in [0.717, 1.165) is 44.1 Å². The molecule has 2 amide bonds. The molecule has 3 atom stereocenters. The van der Waals surface area contributed by atoms with Gasteiger partial charge in [-0.15, -0.1) is 10.2 Å². The Bertz CT molecular complexity index is 926. The van der Waals surface area contributed by atoms with E-state index in [4.69, 9.17) is 0 Å². The highest BCUT2D eigenvalue weighted by Crippen LogP contribution is 2.33. The lowest BCUT2D eigenvalue weighted by Crippen LogP contribution is -2.55. The van der Waals surface area contributed by atoms with Crippen LogP contribution in [0.1, 0.15) is 69.3 Å². The Labute approximate surface area is 195 Å². The highest BCUT2D eigenvalue weighted by Gasteiger charge is 2.40. The van der Waals surface area contributed by atoms with E-state index in [-0.39, 0.29) is 29.8 Å². The van der Waals surface area contributed by atoms with Crippen LogP contribution in [0.3, 0.4) is 0 Å². The molecule has 0 radical (unpaired) electrons. The van der Waals surface area contributed by atoms with Crippen LogP contribution in [-0.2, 0) is 16.1 Å². The molecule has 2 N–H and O–H groups in total. The highest BCUT2D eigenvalue weighted by atomic mass is 16.2. The van der Waals surface area contributed by atoms with E-state index in [9.17, 15) is 9.59 Å². The van der Waals surface area contributed by atoms with Gasteiger partial charge in [0.2, 0.25) is 11.8 Å². The van der Waals surface area contributed by atoms with Crippen LogP contribution in [0.15, 0.2) is 30.3 Å². The molecule has 9 heteroatoms. The molecule has 2 fully saturated rings. The second kappa shape index (κ2) is 10.9. The topological polar surface area (TPSA) is 105 Å². The fourth-order valence-electron chi connectivity index (χ4n) is 4.94. The first-order valence-electron chi connectivity index (χ1n) is 12.2. The van der Waals surface area contributed by atoms with Crippen LogP contribution in [0, 0.1) is 5.92 Å². The summed E-state index contributed by atoms with van der Waals surface area (Å²) in [6, 6.07) is 8.94. The Hall–Kier alpha value is -2.81. The molecule has 0 bridgehead atoms. The number of rotatable bonds is 8. The predicted octanol–water partition coefficient (Wildman–Crippen LogP) is 2.06. The van der Waals surface area contributed by atoms with Crippen LogP contribution in [0.5, 0.6) is 0 Å². The molecule has 2 aliphatic rings. The molecule has 178 valence electrons. The van der Waals surface area contributed by atoms with Gasteiger partial charge in [-0.05, 0) is 56.3 Å². The van der Waals surface area contributed by atoms with Crippen LogP contribution in [-0.4, -0.2) is 62.6 Å². The molecule has 1 aromatic carbocycles. The highest BCUT2D eigenvalue weighted by molar-refractivity contribution is 5.90. The van der Waals surface area contributed by atoms with E-state index in [1.54, 1.807) is 11.8 Å². The van der Waals surface area contributed by atoms with Crippen molar-refractivity contribution in [3.05, 3.63) is 41.7 Å². The van der Waals surface area contributed by atoms with Gasteiger partial charge in [0.1, 0.15) is 6.04 Å². The number of benzene rings is 1. The van der Waals surface area contributed by atoms with Crippen LogP contribution in [0.2, 0.25) is 0 Å². The maximum absolute atomic E-state index is 13.8. The number of aromatic nitrogens is 4. The molecular formula is C24H35N7O2. The molecule has 1 saturated carbocycles. The number of tetrazole rings is 1. The third-order valence-electron chi connectivity index (χ3n) is 6.98. The molecule has 1 aliphatic heterocycles. The maximum atomic E-state index is 13.8. The molecule has 1 aliphatic carbocycles. The van der Waals surface area contributed by atoms with Crippen molar-refractivity contribution in [1.29, 1.82) is 0 Å². The molecule has 2 heterocycles. The Morgan fingerprint density at radius 2 is 1.85 bits per heavy atom. The number of hydrogen-bond donors (Lipinski definition) is 2. The number of nitrogens with zero attached hydrogens (tertiary/aromatic N) is 5. The zero-order valence-corrected chi connectivity index (χ0v) is 19.6. The van der Waals surface area contributed by atoms with Gasteiger partial charge in [-0.3, -0.25) is 9.59 Å². The molecule has 33 heavy (non-hydrogen) atoms.